The fourth-order valence-corrected chi connectivity index (χ4v) is 2.86. The fourth-order valence-electron chi connectivity index (χ4n) is 2.86. The summed E-state index contributed by atoms with van der Waals surface area (Å²) in [6.45, 7) is 2.63. The summed E-state index contributed by atoms with van der Waals surface area (Å²) < 4.78 is 1.74. The lowest BCUT2D eigenvalue weighted by molar-refractivity contribution is 0.230. The first-order valence-electron chi connectivity index (χ1n) is 7.55. The van der Waals surface area contributed by atoms with Crippen LogP contribution in [0.25, 0.3) is 27.4 Å². The number of anilines is 1. The number of aliphatic hydroxyl groups is 1. The van der Waals surface area contributed by atoms with E-state index >= 15 is 0 Å². The molecular weight excluding hydrogens is 290 g/mol. The highest BCUT2D eigenvalue weighted by molar-refractivity contribution is 6.08. The van der Waals surface area contributed by atoms with Crippen molar-refractivity contribution in [3.63, 3.8) is 0 Å². The Morgan fingerprint density at radius 1 is 1.35 bits per heavy atom. The SMILES string of the molecule is CC(CO)n1cc2c(n1)c(N)nc1cc(C3=CC=NC3)ccc12. The molecule has 1 aromatic carbocycles. The summed E-state index contributed by atoms with van der Waals surface area (Å²) in [4.78, 5) is 8.73. The summed E-state index contributed by atoms with van der Waals surface area (Å²) in [6.07, 6.45) is 5.77. The van der Waals surface area contributed by atoms with Gasteiger partial charge in [-0.1, -0.05) is 12.1 Å². The maximum absolute atomic E-state index is 9.33. The lowest BCUT2D eigenvalue weighted by Crippen LogP contribution is -2.09. The van der Waals surface area contributed by atoms with E-state index in [4.69, 9.17) is 5.73 Å². The first-order valence-corrected chi connectivity index (χ1v) is 7.55. The Kier molecular flexibility index (Phi) is 3.12. The second-order valence-corrected chi connectivity index (χ2v) is 5.81. The maximum Gasteiger partial charge on any atom is 0.152 e. The van der Waals surface area contributed by atoms with Crippen LogP contribution in [0.4, 0.5) is 5.82 Å². The highest BCUT2D eigenvalue weighted by atomic mass is 16.3. The topological polar surface area (TPSA) is 89.3 Å². The van der Waals surface area contributed by atoms with Crippen molar-refractivity contribution in [1.29, 1.82) is 0 Å². The molecular formula is C17H17N5O. The molecule has 1 atom stereocenters. The summed E-state index contributed by atoms with van der Waals surface area (Å²) in [5, 5.41) is 15.8. The second kappa shape index (κ2) is 5.17. The van der Waals surface area contributed by atoms with Crippen LogP contribution in [-0.4, -0.2) is 39.2 Å². The molecule has 1 unspecified atom stereocenters. The average molecular weight is 307 g/mol. The van der Waals surface area contributed by atoms with Crippen LogP contribution in [0.1, 0.15) is 18.5 Å². The van der Waals surface area contributed by atoms with Crippen LogP contribution >= 0.6 is 0 Å². The Balaban J connectivity index is 1.92. The molecule has 0 saturated heterocycles. The summed E-state index contributed by atoms with van der Waals surface area (Å²) in [5.41, 5.74) is 9.90. The maximum atomic E-state index is 9.33. The zero-order chi connectivity index (χ0) is 16.0. The molecule has 0 amide bonds. The Morgan fingerprint density at radius 2 is 2.22 bits per heavy atom. The van der Waals surface area contributed by atoms with Gasteiger partial charge in [-0.2, -0.15) is 5.10 Å². The van der Waals surface area contributed by atoms with Gasteiger partial charge >= 0.3 is 0 Å². The molecule has 0 aliphatic carbocycles. The largest absolute Gasteiger partial charge is 0.394 e. The van der Waals surface area contributed by atoms with Gasteiger partial charge in [0.2, 0.25) is 0 Å². The van der Waals surface area contributed by atoms with Crippen LogP contribution < -0.4 is 5.73 Å². The second-order valence-electron chi connectivity index (χ2n) is 5.81. The highest BCUT2D eigenvalue weighted by Crippen LogP contribution is 2.30. The lowest BCUT2D eigenvalue weighted by Gasteiger charge is -2.06. The number of pyridine rings is 1. The number of allylic oxidation sites excluding steroid dienone is 1. The van der Waals surface area contributed by atoms with E-state index in [1.165, 1.54) is 5.57 Å². The van der Waals surface area contributed by atoms with E-state index in [2.05, 4.69) is 21.1 Å². The average Bonchev–Trinajstić information content (AvgIpc) is 3.23. The minimum Gasteiger partial charge on any atom is -0.394 e. The van der Waals surface area contributed by atoms with Gasteiger partial charge in [-0.15, -0.1) is 0 Å². The monoisotopic (exact) mass is 307 g/mol. The van der Waals surface area contributed by atoms with Crippen LogP contribution in [0.15, 0.2) is 35.5 Å². The number of nitrogen functional groups attached to an aromatic ring is 1. The number of benzene rings is 1. The van der Waals surface area contributed by atoms with Gasteiger partial charge in [0.05, 0.1) is 24.7 Å². The van der Waals surface area contributed by atoms with Gasteiger partial charge < -0.3 is 10.8 Å². The quantitative estimate of drug-likeness (QED) is 0.776. The van der Waals surface area contributed by atoms with E-state index in [1.54, 1.807) is 4.68 Å². The number of aliphatic hydroxyl groups excluding tert-OH is 1. The number of rotatable bonds is 3. The first kappa shape index (κ1) is 13.9. The van der Waals surface area contributed by atoms with E-state index in [0.717, 1.165) is 21.9 Å². The van der Waals surface area contributed by atoms with Crippen molar-refractivity contribution in [2.75, 3.05) is 18.9 Å². The van der Waals surface area contributed by atoms with E-state index in [-0.39, 0.29) is 12.6 Å². The van der Waals surface area contributed by atoms with Gasteiger partial charge in [-0.05, 0) is 30.2 Å². The summed E-state index contributed by atoms with van der Waals surface area (Å²) >= 11 is 0. The van der Waals surface area contributed by atoms with Crippen molar-refractivity contribution >= 4 is 39.4 Å². The molecule has 0 radical (unpaired) electrons. The number of aromatic nitrogens is 3. The molecule has 2 aromatic heterocycles. The smallest absolute Gasteiger partial charge is 0.152 e. The Hall–Kier alpha value is -2.73. The predicted octanol–water partition coefficient (Wildman–Crippen LogP) is 2.19. The minimum atomic E-state index is -0.100. The Morgan fingerprint density at radius 3 is 2.96 bits per heavy atom. The predicted molar refractivity (Wildman–Crippen MR) is 92.6 cm³/mol. The van der Waals surface area contributed by atoms with Gasteiger partial charge in [-0.3, -0.25) is 9.67 Å². The molecule has 0 bridgehead atoms. The van der Waals surface area contributed by atoms with Gasteiger partial charge in [-0.25, -0.2) is 4.98 Å². The third-order valence-corrected chi connectivity index (χ3v) is 4.23. The number of fused-ring (bicyclic) bond motifs is 3. The van der Waals surface area contributed by atoms with Crippen LogP contribution in [0.3, 0.4) is 0 Å². The van der Waals surface area contributed by atoms with Crippen molar-refractivity contribution in [2.45, 2.75) is 13.0 Å². The molecule has 23 heavy (non-hydrogen) atoms. The van der Waals surface area contributed by atoms with Gasteiger partial charge in [0, 0.05) is 23.2 Å². The summed E-state index contributed by atoms with van der Waals surface area (Å²) in [6, 6.07) is 6.07. The molecule has 1 aliphatic heterocycles. The Labute approximate surface area is 133 Å². The lowest BCUT2D eigenvalue weighted by atomic mass is 10.0. The van der Waals surface area contributed by atoms with E-state index < -0.39 is 0 Å². The molecule has 0 fully saturated rings. The van der Waals surface area contributed by atoms with Crippen LogP contribution in [0, 0.1) is 0 Å². The van der Waals surface area contributed by atoms with Crippen molar-refractivity contribution in [3.05, 3.63) is 36.0 Å². The van der Waals surface area contributed by atoms with Crippen LogP contribution in [-0.2, 0) is 0 Å². The zero-order valence-corrected chi connectivity index (χ0v) is 12.8. The van der Waals surface area contributed by atoms with E-state index in [9.17, 15) is 5.11 Å². The number of aliphatic imine (C=N–C) groups is 1. The van der Waals surface area contributed by atoms with Gasteiger partial charge in [0.1, 0.15) is 5.52 Å². The zero-order valence-electron chi connectivity index (χ0n) is 12.8. The third kappa shape index (κ3) is 2.19. The number of hydrogen-bond donors (Lipinski definition) is 2. The first-order chi connectivity index (χ1) is 11.2. The molecule has 3 N–H and O–H groups in total. The van der Waals surface area contributed by atoms with Crippen molar-refractivity contribution in [1.82, 2.24) is 14.8 Å². The fraction of sp³-hybridized carbons (Fsp3) is 0.235. The summed E-state index contributed by atoms with van der Waals surface area (Å²) in [7, 11) is 0. The molecule has 0 spiro atoms. The molecule has 1 aliphatic rings. The summed E-state index contributed by atoms with van der Waals surface area (Å²) in [5.74, 6) is 0.408. The van der Waals surface area contributed by atoms with Gasteiger partial charge in [0.15, 0.2) is 5.82 Å². The van der Waals surface area contributed by atoms with Crippen molar-refractivity contribution in [3.8, 4) is 0 Å². The number of hydrogen-bond acceptors (Lipinski definition) is 5. The number of nitrogens with zero attached hydrogens (tertiary/aromatic N) is 4. The standard InChI is InChI=1S/C17H17N5O/c1-10(9-23)22-8-14-13-3-2-11(12-4-5-19-7-12)6-15(13)20-17(18)16(14)21-22/h2-6,8,10,23H,7,9H2,1H3,(H2,18,20). The van der Waals surface area contributed by atoms with Crippen LogP contribution in [0.5, 0.6) is 0 Å². The normalized spacial score (nSPS) is 15.5. The van der Waals surface area contributed by atoms with E-state index in [0.29, 0.717) is 17.9 Å². The molecule has 6 heteroatoms. The van der Waals surface area contributed by atoms with E-state index in [1.807, 2.05) is 37.5 Å². The number of nitrogens with two attached hydrogens (primary N) is 1. The molecule has 6 nitrogen and oxygen atoms in total. The molecule has 116 valence electrons. The molecule has 0 saturated carbocycles. The van der Waals surface area contributed by atoms with Crippen molar-refractivity contribution in [2.24, 2.45) is 4.99 Å². The molecule has 4 rings (SSSR count). The van der Waals surface area contributed by atoms with Crippen LogP contribution in [0.2, 0.25) is 0 Å². The Bertz CT molecular complexity index is 970. The van der Waals surface area contributed by atoms with Gasteiger partial charge in [0.25, 0.3) is 0 Å². The molecule has 3 aromatic rings. The molecule has 3 heterocycles. The van der Waals surface area contributed by atoms with Crippen molar-refractivity contribution < 1.29 is 5.11 Å². The highest BCUT2D eigenvalue weighted by Gasteiger charge is 2.14. The third-order valence-electron chi connectivity index (χ3n) is 4.23. The minimum absolute atomic E-state index is 0.0254.